The zero-order valence-electron chi connectivity index (χ0n) is 15.2. The molecule has 6 atom stereocenters. The Bertz CT molecular complexity index is 570. The van der Waals surface area contributed by atoms with E-state index in [1.54, 1.807) is 0 Å². The van der Waals surface area contributed by atoms with Crippen LogP contribution in [0.4, 0.5) is 0 Å². The number of ketones is 1. The zero-order chi connectivity index (χ0) is 16.5. The summed E-state index contributed by atoms with van der Waals surface area (Å²) in [7, 11) is 4.00. The number of piperidine rings is 1. The molecule has 3 fully saturated rings. The molecule has 23 heavy (non-hydrogen) atoms. The Morgan fingerprint density at radius 1 is 1.17 bits per heavy atom. The summed E-state index contributed by atoms with van der Waals surface area (Å²) in [5.74, 6) is 2.62. The van der Waals surface area contributed by atoms with Crippen molar-refractivity contribution in [3.63, 3.8) is 0 Å². The van der Waals surface area contributed by atoms with Gasteiger partial charge in [-0.2, -0.15) is 4.65 Å². The van der Waals surface area contributed by atoms with Gasteiger partial charge in [-0.1, -0.05) is 13.3 Å². The second kappa shape index (κ2) is 4.92. The lowest BCUT2D eigenvalue weighted by Gasteiger charge is -2.59. The second-order valence-corrected chi connectivity index (χ2v) is 9.34. The largest absolute Gasteiger partial charge is 0.295 e. The molecule has 0 spiro atoms. The molecule has 0 aromatic heterocycles. The number of allylic oxidation sites excluding steroid dienone is 2. The van der Waals surface area contributed by atoms with Crippen LogP contribution in [0.1, 0.15) is 58.8 Å². The van der Waals surface area contributed by atoms with Crippen molar-refractivity contribution in [3.8, 4) is 0 Å². The first-order valence-electron chi connectivity index (χ1n) is 9.49. The lowest BCUT2D eigenvalue weighted by atomic mass is 9.50. The zero-order valence-corrected chi connectivity index (χ0v) is 15.2. The minimum Gasteiger partial charge on any atom is -0.295 e. The number of fused-ring (bicyclic) bond motifs is 5. The maximum absolute atomic E-state index is 12.1. The minimum atomic E-state index is 0.144. The van der Waals surface area contributed by atoms with Gasteiger partial charge in [-0.05, 0) is 56.3 Å². The number of likely N-dealkylation sites (tertiary alicyclic amines) is 1. The molecule has 4 aliphatic rings. The summed E-state index contributed by atoms with van der Waals surface area (Å²) in [4.78, 5) is 18.1. The molecule has 0 aromatic carbocycles. The highest BCUT2D eigenvalue weighted by molar-refractivity contribution is 5.91. The molecule has 0 N–H and O–H groups in total. The maximum Gasteiger partial charge on any atom is 0.161 e. The topological polar surface area (TPSA) is 26.3 Å². The third-order valence-electron chi connectivity index (χ3n) is 8.28. The third kappa shape index (κ3) is 2.05. The van der Waals surface area contributed by atoms with Gasteiger partial charge in [0.2, 0.25) is 0 Å². The number of hydrogen-bond acceptors (Lipinski definition) is 2. The van der Waals surface area contributed by atoms with Crippen LogP contribution in [0.5, 0.6) is 0 Å². The number of hydrogen-bond donors (Lipinski definition) is 0. The fourth-order valence-electron chi connectivity index (χ4n) is 6.95. The average molecular weight is 318 g/mol. The summed E-state index contributed by atoms with van der Waals surface area (Å²) in [6.45, 7) is 6.02. The minimum absolute atomic E-state index is 0.144. The highest BCUT2D eigenvalue weighted by Gasteiger charge is 2.63. The van der Waals surface area contributed by atoms with Crippen molar-refractivity contribution < 1.29 is 14.3 Å². The molecule has 0 radical (unpaired) electrons. The molecule has 3 aliphatic carbocycles. The van der Waals surface area contributed by atoms with Crippen LogP contribution in [0, 0.1) is 28.6 Å². The van der Waals surface area contributed by atoms with Gasteiger partial charge in [0, 0.05) is 23.8 Å². The summed E-state index contributed by atoms with van der Waals surface area (Å²) < 4.78 is 0.524. The Morgan fingerprint density at radius 3 is 2.70 bits per heavy atom. The van der Waals surface area contributed by atoms with Crippen molar-refractivity contribution in [2.75, 3.05) is 20.7 Å². The first-order chi connectivity index (χ1) is 10.8. The van der Waals surface area contributed by atoms with Crippen molar-refractivity contribution in [3.05, 3.63) is 11.8 Å². The lowest BCUT2D eigenvalue weighted by Crippen LogP contribution is -2.63. The fourth-order valence-corrected chi connectivity index (χ4v) is 6.95. The highest BCUT2D eigenvalue weighted by Crippen LogP contribution is 2.64. The maximum atomic E-state index is 12.1. The molecule has 3 heteroatoms. The van der Waals surface area contributed by atoms with Gasteiger partial charge in [-0.15, -0.1) is 0 Å². The summed E-state index contributed by atoms with van der Waals surface area (Å²) in [6, 6.07) is 0. The Balaban J connectivity index is 1.80. The predicted molar refractivity (Wildman–Crippen MR) is 90.2 cm³/mol. The van der Waals surface area contributed by atoms with Gasteiger partial charge in [0.1, 0.15) is 13.6 Å². The summed E-state index contributed by atoms with van der Waals surface area (Å²) >= 11 is 0. The van der Waals surface area contributed by atoms with Crippen molar-refractivity contribution in [1.82, 2.24) is 0 Å². The van der Waals surface area contributed by atoms with Crippen LogP contribution in [0.3, 0.4) is 0 Å². The first kappa shape index (κ1) is 15.8. The predicted octanol–water partition coefficient (Wildman–Crippen LogP) is 4.09. The number of carbonyl (C=O) groups excluding carboxylic acids is 1. The Hall–Kier alpha value is -0.670. The van der Waals surface area contributed by atoms with E-state index in [1.165, 1.54) is 37.8 Å². The first-order valence-corrected chi connectivity index (χ1v) is 9.49. The summed E-state index contributed by atoms with van der Waals surface area (Å²) in [5.41, 5.74) is 1.95. The van der Waals surface area contributed by atoms with Crippen LogP contribution in [0.25, 0.3) is 0 Å². The molecular formula is C20H32NO2+. The van der Waals surface area contributed by atoms with E-state index in [0.717, 1.165) is 37.1 Å². The van der Waals surface area contributed by atoms with Gasteiger partial charge in [-0.25, -0.2) is 4.84 Å². The highest BCUT2D eigenvalue weighted by atomic mass is 16.7. The van der Waals surface area contributed by atoms with E-state index in [2.05, 4.69) is 20.9 Å². The molecule has 1 heterocycles. The average Bonchev–Trinajstić information content (AvgIpc) is 2.91. The van der Waals surface area contributed by atoms with Gasteiger partial charge in [-0.3, -0.25) is 4.79 Å². The standard InChI is InChI=1S/C20H32NO2/c1-19-9-5-6-16(19)15-13-21(3,23-4)18-12-14(22)7-11-20(18,2)17(15)8-10-19/h12,15-17H,5-11,13H2,1-4H3/q+1/t15-,16-,17-,19-,20+,21?/m0/s1. The molecular weight excluding hydrogens is 286 g/mol. The van der Waals surface area contributed by atoms with Gasteiger partial charge in [0.05, 0.1) is 7.11 Å². The third-order valence-corrected chi connectivity index (χ3v) is 8.28. The van der Waals surface area contributed by atoms with Gasteiger partial charge in [0.15, 0.2) is 11.5 Å². The van der Waals surface area contributed by atoms with Crippen LogP contribution in [-0.4, -0.2) is 31.1 Å². The Morgan fingerprint density at radius 2 is 1.96 bits per heavy atom. The molecule has 3 nitrogen and oxygen atoms in total. The number of rotatable bonds is 1. The van der Waals surface area contributed by atoms with Crippen LogP contribution in [-0.2, 0) is 9.63 Å². The van der Waals surface area contributed by atoms with E-state index >= 15 is 0 Å². The van der Waals surface area contributed by atoms with E-state index in [-0.39, 0.29) is 5.41 Å². The van der Waals surface area contributed by atoms with Gasteiger partial charge < -0.3 is 0 Å². The van der Waals surface area contributed by atoms with Crippen LogP contribution in [0.2, 0.25) is 0 Å². The smallest absolute Gasteiger partial charge is 0.161 e. The Kier molecular flexibility index (Phi) is 3.39. The molecule has 4 rings (SSSR count). The molecule has 0 aromatic rings. The summed E-state index contributed by atoms with van der Waals surface area (Å²) in [5, 5.41) is 0. The van der Waals surface area contributed by atoms with Crippen molar-refractivity contribution in [2.45, 2.75) is 58.8 Å². The fraction of sp³-hybridized carbons (Fsp3) is 0.850. The molecule has 128 valence electrons. The van der Waals surface area contributed by atoms with E-state index in [9.17, 15) is 4.79 Å². The molecule has 1 unspecified atom stereocenters. The molecule has 1 aliphatic heterocycles. The molecule has 0 bridgehead atoms. The monoisotopic (exact) mass is 318 g/mol. The molecule has 2 saturated carbocycles. The van der Waals surface area contributed by atoms with Crippen molar-refractivity contribution >= 4 is 5.78 Å². The number of nitrogens with zero attached hydrogens (tertiary/aromatic N) is 1. The normalized spacial score (nSPS) is 52.4. The number of hydroxylamine groups is 3. The van der Waals surface area contributed by atoms with E-state index in [1.807, 2.05) is 13.2 Å². The SMILES string of the molecule is CO[N+]1(C)C[C@H]2[C@@H]3CCC[C@@]3(C)CC[C@@H]2[C@@]2(C)CCC(=O)C=C21. The van der Waals surface area contributed by atoms with Gasteiger partial charge in [0.25, 0.3) is 0 Å². The van der Waals surface area contributed by atoms with Crippen LogP contribution >= 0.6 is 0 Å². The second-order valence-electron chi connectivity index (χ2n) is 9.34. The van der Waals surface area contributed by atoms with Gasteiger partial charge >= 0.3 is 0 Å². The van der Waals surface area contributed by atoms with E-state index < -0.39 is 0 Å². The summed E-state index contributed by atoms with van der Waals surface area (Å²) in [6.07, 6.45) is 10.6. The van der Waals surface area contributed by atoms with E-state index in [4.69, 9.17) is 4.84 Å². The van der Waals surface area contributed by atoms with Crippen LogP contribution in [0.15, 0.2) is 11.8 Å². The number of quaternary nitrogens is 1. The van der Waals surface area contributed by atoms with Crippen LogP contribution < -0.4 is 0 Å². The quantitative estimate of drug-likeness (QED) is 0.681. The van der Waals surface area contributed by atoms with Crippen molar-refractivity contribution in [1.29, 1.82) is 0 Å². The molecule has 1 saturated heterocycles. The number of carbonyl (C=O) groups is 1. The lowest BCUT2D eigenvalue weighted by molar-refractivity contribution is -1.07. The van der Waals surface area contributed by atoms with E-state index in [0.29, 0.717) is 15.8 Å². The molecule has 0 amide bonds. The Labute approximate surface area is 140 Å². The van der Waals surface area contributed by atoms with Crippen molar-refractivity contribution in [2.24, 2.45) is 28.6 Å².